The van der Waals surface area contributed by atoms with E-state index in [0.717, 1.165) is 54.3 Å². The zero-order valence-corrected chi connectivity index (χ0v) is 17.8. The number of benzene rings is 1. The number of rotatable bonds is 8. The maximum absolute atomic E-state index is 4.37. The Balaban J connectivity index is 1.86. The molecule has 5 heteroatoms. The van der Waals surface area contributed by atoms with E-state index < -0.39 is 0 Å². The van der Waals surface area contributed by atoms with Crippen LogP contribution in [0.25, 0.3) is 11.1 Å². The van der Waals surface area contributed by atoms with Gasteiger partial charge in [0.05, 0.1) is 6.20 Å². The van der Waals surface area contributed by atoms with E-state index in [9.17, 15) is 0 Å². The summed E-state index contributed by atoms with van der Waals surface area (Å²) in [7, 11) is 4.04. The molecule has 0 bridgehead atoms. The van der Waals surface area contributed by atoms with Gasteiger partial charge in [-0.25, -0.2) is 0 Å². The fraction of sp³-hybridized carbons (Fsp3) is 0.292. The third-order valence-corrected chi connectivity index (χ3v) is 5.28. The summed E-state index contributed by atoms with van der Waals surface area (Å²) in [6.07, 6.45) is 6.79. The molecule has 1 aromatic carbocycles. The van der Waals surface area contributed by atoms with Crippen LogP contribution in [0.4, 0.5) is 5.69 Å². The molecule has 0 aliphatic carbocycles. The zero-order valence-electron chi connectivity index (χ0n) is 17.8. The van der Waals surface area contributed by atoms with Gasteiger partial charge in [0.2, 0.25) is 0 Å². The highest BCUT2D eigenvalue weighted by Gasteiger charge is 2.22. The van der Waals surface area contributed by atoms with Crippen molar-refractivity contribution in [1.29, 1.82) is 0 Å². The number of allylic oxidation sites excluding steroid dienone is 1. The Labute approximate surface area is 174 Å². The van der Waals surface area contributed by atoms with Gasteiger partial charge in [-0.1, -0.05) is 31.4 Å². The first kappa shape index (κ1) is 20.5. The Morgan fingerprint density at radius 1 is 1.31 bits per heavy atom. The Morgan fingerprint density at radius 2 is 2.10 bits per heavy atom. The highest BCUT2D eigenvalue weighted by atomic mass is 15.2. The van der Waals surface area contributed by atoms with E-state index in [1.54, 1.807) is 0 Å². The van der Waals surface area contributed by atoms with Crippen LogP contribution in [-0.4, -0.2) is 46.3 Å². The third-order valence-electron chi connectivity index (χ3n) is 5.28. The molecule has 1 N–H and O–H groups in total. The molecule has 29 heavy (non-hydrogen) atoms. The number of hydrogen-bond donors (Lipinski definition) is 1. The smallest absolute Gasteiger partial charge is 0.0568 e. The van der Waals surface area contributed by atoms with Gasteiger partial charge < -0.3 is 15.1 Å². The minimum absolute atomic E-state index is 0.806. The van der Waals surface area contributed by atoms with Gasteiger partial charge in [-0.15, -0.1) is 6.58 Å². The van der Waals surface area contributed by atoms with Gasteiger partial charge in [-0.2, -0.15) is 5.10 Å². The van der Waals surface area contributed by atoms with Crippen LogP contribution in [0.2, 0.25) is 0 Å². The van der Waals surface area contributed by atoms with Crippen LogP contribution in [0, 0.1) is 0 Å². The normalized spacial score (nSPS) is 14.0. The first-order valence-corrected chi connectivity index (χ1v) is 9.89. The largest absolute Gasteiger partial charge is 0.374 e. The van der Waals surface area contributed by atoms with Gasteiger partial charge in [0.25, 0.3) is 0 Å². The maximum atomic E-state index is 4.37. The van der Waals surface area contributed by atoms with Crippen molar-refractivity contribution in [2.45, 2.75) is 13.3 Å². The monoisotopic (exact) mass is 389 g/mol. The van der Waals surface area contributed by atoms with E-state index in [1.807, 2.05) is 30.2 Å². The van der Waals surface area contributed by atoms with E-state index in [4.69, 9.17) is 0 Å². The van der Waals surface area contributed by atoms with Crippen LogP contribution in [-0.2, 0) is 7.05 Å². The van der Waals surface area contributed by atoms with Gasteiger partial charge in [0, 0.05) is 80.3 Å². The summed E-state index contributed by atoms with van der Waals surface area (Å²) in [5.74, 6) is 0. The summed E-state index contributed by atoms with van der Waals surface area (Å²) in [5.41, 5.74) is 7.77. The van der Waals surface area contributed by atoms with Crippen molar-refractivity contribution in [2.24, 2.45) is 7.05 Å². The van der Waals surface area contributed by atoms with Crippen molar-refractivity contribution in [3.05, 3.63) is 85.1 Å². The molecular formula is C24H31N5. The molecular weight excluding hydrogens is 358 g/mol. The van der Waals surface area contributed by atoms with Crippen LogP contribution in [0.1, 0.15) is 13.3 Å². The summed E-state index contributed by atoms with van der Waals surface area (Å²) in [6, 6.07) is 8.35. The molecule has 2 heterocycles. The molecule has 152 valence electrons. The summed E-state index contributed by atoms with van der Waals surface area (Å²) in [5, 5.41) is 7.80. The van der Waals surface area contributed by atoms with Gasteiger partial charge in [-0.05, 0) is 24.6 Å². The fourth-order valence-corrected chi connectivity index (χ4v) is 3.67. The second-order valence-electron chi connectivity index (χ2n) is 7.59. The lowest BCUT2D eigenvalue weighted by molar-refractivity contribution is 0.319. The number of nitrogens with zero attached hydrogens (tertiary/aromatic N) is 4. The predicted octanol–water partition coefficient (Wildman–Crippen LogP) is 4.62. The predicted molar refractivity (Wildman–Crippen MR) is 122 cm³/mol. The number of hydrogen-bond acceptors (Lipinski definition) is 4. The molecule has 3 rings (SSSR count). The molecule has 0 saturated carbocycles. The minimum atomic E-state index is 0.806. The zero-order chi connectivity index (χ0) is 21.0. The topological polar surface area (TPSA) is 36.3 Å². The molecule has 2 aromatic rings. The SMILES string of the molecule is C=CCN(C)C1=C(C(=C)Nc2cccc(-c3cnn(C)c3)c2)CN(C(=C)C)CC1. The molecule has 1 aliphatic rings. The van der Waals surface area contributed by atoms with Crippen molar-refractivity contribution >= 4 is 5.69 Å². The van der Waals surface area contributed by atoms with Gasteiger partial charge in [0.15, 0.2) is 0 Å². The lowest BCUT2D eigenvalue weighted by Crippen LogP contribution is -2.35. The molecule has 1 aromatic heterocycles. The highest BCUT2D eigenvalue weighted by molar-refractivity contribution is 5.68. The first-order valence-electron chi connectivity index (χ1n) is 9.89. The van der Waals surface area contributed by atoms with E-state index in [-0.39, 0.29) is 0 Å². The number of aryl methyl sites for hydroxylation is 1. The number of nitrogens with one attached hydrogen (secondary N) is 1. The Morgan fingerprint density at radius 3 is 2.76 bits per heavy atom. The average molecular weight is 390 g/mol. The third kappa shape index (κ3) is 4.80. The molecule has 5 nitrogen and oxygen atoms in total. The second kappa shape index (κ2) is 8.86. The quantitative estimate of drug-likeness (QED) is 0.668. The van der Waals surface area contributed by atoms with Crippen molar-refractivity contribution in [3.63, 3.8) is 0 Å². The minimum Gasteiger partial charge on any atom is -0.374 e. The van der Waals surface area contributed by atoms with E-state index in [0.29, 0.717) is 0 Å². The summed E-state index contributed by atoms with van der Waals surface area (Å²) >= 11 is 0. The first-order chi connectivity index (χ1) is 13.9. The number of aromatic nitrogens is 2. The lowest BCUT2D eigenvalue weighted by Gasteiger charge is -2.37. The van der Waals surface area contributed by atoms with Gasteiger partial charge in [-0.3, -0.25) is 4.68 Å². The summed E-state index contributed by atoms with van der Waals surface area (Å²) in [6.45, 7) is 17.0. The van der Waals surface area contributed by atoms with Crippen LogP contribution in [0.15, 0.2) is 85.1 Å². The van der Waals surface area contributed by atoms with E-state index in [1.165, 1.54) is 11.3 Å². The summed E-state index contributed by atoms with van der Waals surface area (Å²) in [4.78, 5) is 4.57. The Bertz CT molecular complexity index is 950. The molecule has 0 saturated heterocycles. The van der Waals surface area contributed by atoms with Crippen molar-refractivity contribution < 1.29 is 0 Å². The molecule has 1 aliphatic heterocycles. The molecule has 0 amide bonds. The Hall–Kier alpha value is -3.21. The van der Waals surface area contributed by atoms with Crippen molar-refractivity contribution in [3.8, 4) is 11.1 Å². The molecule has 0 radical (unpaired) electrons. The Kier molecular flexibility index (Phi) is 6.27. The maximum Gasteiger partial charge on any atom is 0.0568 e. The molecule has 0 atom stereocenters. The summed E-state index contributed by atoms with van der Waals surface area (Å²) < 4.78 is 1.81. The van der Waals surface area contributed by atoms with Crippen LogP contribution in [0.5, 0.6) is 0 Å². The fourth-order valence-electron chi connectivity index (χ4n) is 3.67. The van der Waals surface area contributed by atoms with Crippen LogP contribution in [0.3, 0.4) is 0 Å². The lowest BCUT2D eigenvalue weighted by atomic mass is 10.0. The van der Waals surface area contributed by atoms with Gasteiger partial charge in [0.1, 0.15) is 0 Å². The number of likely N-dealkylation sites (N-methyl/N-ethyl adjacent to an activating group) is 1. The second-order valence-corrected chi connectivity index (χ2v) is 7.59. The van der Waals surface area contributed by atoms with Crippen LogP contribution >= 0.6 is 0 Å². The number of anilines is 1. The molecule has 0 fully saturated rings. The van der Waals surface area contributed by atoms with Crippen LogP contribution < -0.4 is 5.32 Å². The van der Waals surface area contributed by atoms with E-state index in [2.05, 4.69) is 78.2 Å². The highest BCUT2D eigenvalue weighted by Crippen LogP contribution is 2.29. The van der Waals surface area contributed by atoms with E-state index >= 15 is 0 Å². The average Bonchev–Trinajstić information content (AvgIpc) is 3.14. The van der Waals surface area contributed by atoms with Crippen molar-refractivity contribution in [1.82, 2.24) is 19.6 Å². The van der Waals surface area contributed by atoms with Crippen molar-refractivity contribution in [2.75, 3.05) is 32.0 Å². The van der Waals surface area contributed by atoms with Gasteiger partial charge >= 0.3 is 0 Å². The standard InChI is InChI=1S/C24H31N5/c1-7-12-27(5)24-11-13-29(18(2)3)17-23(24)19(4)26-22-10-8-9-20(14-22)21-15-25-28(6)16-21/h7-10,14-16,26H,1-2,4,11-13,17H2,3,5-6H3. The molecule has 0 spiro atoms. The molecule has 0 unspecified atom stereocenters.